The summed E-state index contributed by atoms with van der Waals surface area (Å²) in [5, 5.41) is 0. The molecule has 96 valence electrons. The van der Waals surface area contributed by atoms with Crippen LogP contribution in [0.1, 0.15) is 38.3 Å². The molecule has 0 unspecified atom stereocenters. The molecular formula is C15H25NO. The summed E-state index contributed by atoms with van der Waals surface area (Å²) in [5.41, 5.74) is 8.40. The Kier molecular flexibility index (Phi) is 5.66. The number of ether oxygens (including phenoxy) is 1. The van der Waals surface area contributed by atoms with E-state index in [1.165, 1.54) is 11.1 Å². The highest BCUT2D eigenvalue weighted by Gasteiger charge is 2.09. The lowest BCUT2D eigenvalue weighted by atomic mass is 9.93. The van der Waals surface area contributed by atoms with Crippen molar-refractivity contribution in [1.82, 2.24) is 0 Å². The van der Waals surface area contributed by atoms with Gasteiger partial charge in [0, 0.05) is 6.61 Å². The number of nitrogens with two attached hydrogens (primary N) is 1. The van der Waals surface area contributed by atoms with Gasteiger partial charge in [-0.1, -0.05) is 45.0 Å². The second-order valence-electron chi connectivity index (χ2n) is 5.72. The van der Waals surface area contributed by atoms with Gasteiger partial charge in [-0.15, -0.1) is 0 Å². The van der Waals surface area contributed by atoms with E-state index in [0.29, 0.717) is 18.6 Å². The molecule has 0 radical (unpaired) electrons. The van der Waals surface area contributed by atoms with Crippen LogP contribution >= 0.6 is 0 Å². The fraction of sp³-hybridized carbons (Fsp3) is 0.600. The maximum atomic E-state index is 5.67. The molecule has 0 aliphatic heterocycles. The van der Waals surface area contributed by atoms with Crippen molar-refractivity contribution in [2.75, 3.05) is 13.2 Å². The third-order valence-corrected chi connectivity index (χ3v) is 2.72. The summed E-state index contributed by atoms with van der Waals surface area (Å²) in [6.07, 6.45) is 2.05. The predicted molar refractivity (Wildman–Crippen MR) is 72.9 cm³/mol. The third kappa shape index (κ3) is 6.44. The van der Waals surface area contributed by atoms with Gasteiger partial charge in [0.05, 0.1) is 6.61 Å². The van der Waals surface area contributed by atoms with Crippen LogP contribution in [-0.4, -0.2) is 13.2 Å². The first-order chi connectivity index (χ1) is 8.01. The molecule has 1 aromatic carbocycles. The molecule has 0 bridgehead atoms. The van der Waals surface area contributed by atoms with E-state index in [1.807, 2.05) is 0 Å². The smallest absolute Gasteiger partial charge is 0.0716 e. The van der Waals surface area contributed by atoms with Crippen molar-refractivity contribution < 1.29 is 4.74 Å². The molecule has 0 aliphatic rings. The zero-order chi connectivity index (χ0) is 12.7. The molecule has 0 saturated heterocycles. The summed E-state index contributed by atoms with van der Waals surface area (Å²) in [7, 11) is 0. The molecule has 0 fully saturated rings. The van der Waals surface area contributed by atoms with Crippen molar-refractivity contribution in [3.8, 4) is 0 Å². The van der Waals surface area contributed by atoms with E-state index < -0.39 is 0 Å². The van der Waals surface area contributed by atoms with Crippen molar-refractivity contribution in [2.45, 2.75) is 40.2 Å². The lowest BCUT2D eigenvalue weighted by Crippen LogP contribution is -2.09. The average Bonchev–Trinajstić information content (AvgIpc) is 2.26. The van der Waals surface area contributed by atoms with E-state index in [0.717, 1.165) is 19.4 Å². The molecule has 1 aromatic rings. The first kappa shape index (κ1) is 14.2. The van der Waals surface area contributed by atoms with Crippen LogP contribution in [0.15, 0.2) is 24.3 Å². The Morgan fingerprint density at radius 2 is 1.65 bits per heavy atom. The average molecular weight is 235 g/mol. The Labute approximate surface area is 105 Å². The number of benzene rings is 1. The van der Waals surface area contributed by atoms with Crippen LogP contribution in [0.5, 0.6) is 0 Å². The molecular weight excluding hydrogens is 210 g/mol. The van der Waals surface area contributed by atoms with Gasteiger partial charge in [0.2, 0.25) is 0 Å². The van der Waals surface area contributed by atoms with Gasteiger partial charge >= 0.3 is 0 Å². The largest absolute Gasteiger partial charge is 0.377 e. The summed E-state index contributed by atoms with van der Waals surface area (Å²) in [4.78, 5) is 0. The number of hydrogen-bond donors (Lipinski definition) is 1. The normalized spacial score (nSPS) is 11.8. The highest BCUT2D eigenvalue weighted by atomic mass is 16.5. The van der Waals surface area contributed by atoms with Crippen LogP contribution in [-0.2, 0) is 17.8 Å². The van der Waals surface area contributed by atoms with E-state index in [1.54, 1.807) is 0 Å². The minimum atomic E-state index is 0.352. The first-order valence-corrected chi connectivity index (χ1v) is 6.37. The summed E-state index contributed by atoms with van der Waals surface area (Å²) in [6.45, 7) is 8.95. The molecule has 0 aromatic heterocycles. The van der Waals surface area contributed by atoms with Crippen LogP contribution in [0.3, 0.4) is 0 Å². The topological polar surface area (TPSA) is 35.2 Å². The Morgan fingerprint density at radius 3 is 2.18 bits per heavy atom. The fourth-order valence-corrected chi connectivity index (χ4v) is 1.54. The highest BCUT2D eigenvalue weighted by Crippen LogP contribution is 2.18. The summed E-state index contributed by atoms with van der Waals surface area (Å²) in [5.74, 6) is 0. The molecule has 0 aliphatic carbocycles. The molecule has 2 N–H and O–H groups in total. The Morgan fingerprint density at radius 1 is 1.06 bits per heavy atom. The predicted octanol–water partition coefficient (Wildman–Crippen LogP) is 3.14. The Hall–Kier alpha value is -0.860. The first-order valence-electron chi connectivity index (χ1n) is 6.37. The van der Waals surface area contributed by atoms with Gasteiger partial charge in [0.1, 0.15) is 0 Å². The number of hydrogen-bond acceptors (Lipinski definition) is 2. The second kappa shape index (κ2) is 6.77. The van der Waals surface area contributed by atoms with Gasteiger partial charge in [-0.3, -0.25) is 0 Å². The van der Waals surface area contributed by atoms with Gasteiger partial charge < -0.3 is 10.5 Å². The monoisotopic (exact) mass is 235 g/mol. The van der Waals surface area contributed by atoms with Gasteiger partial charge in [-0.05, 0) is 35.9 Å². The standard InChI is InChI=1S/C15H25NO/c1-15(2,3)9-11-17-12-14-6-4-13(5-7-14)8-10-16/h4-7H,8-12,16H2,1-3H3. The van der Waals surface area contributed by atoms with E-state index in [4.69, 9.17) is 10.5 Å². The van der Waals surface area contributed by atoms with Gasteiger partial charge in [0.25, 0.3) is 0 Å². The van der Waals surface area contributed by atoms with Gasteiger partial charge in [0.15, 0.2) is 0 Å². The Bertz CT molecular complexity index is 311. The van der Waals surface area contributed by atoms with Crippen molar-refractivity contribution in [3.05, 3.63) is 35.4 Å². The quantitative estimate of drug-likeness (QED) is 0.769. The van der Waals surface area contributed by atoms with Crippen molar-refractivity contribution in [1.29, 1.82) is 0 Å². The van der Waals surface area contributed by atoms with Crippen LogP contribution in [0.25, 0.3) is 0 Å². The van der Waals surface area contributed by atoms with E-state index in [-0.39, 0.29) is 0 Å². The van der Waals surface area contributed by atoms with E-state index >= 15 is 0 Å². The molecule has 0 heterocycles. The van der Waals surface area contributed by atoms with E-state index in [9.17, 15) is 0 Å². The molecule has 2 nitrogen and oxygen atoms in total. The SMILES string of the molecule is CC(C)(C)CCOCc1ccc(CCN)cc1. The van der Waals surface area contributed by atoms with Crippen molar-refractivity contribution in [2.24, 2.45) is 11.1 Å². The van der Waals surface area contributed by atoms with Crippen LogP contribution in [0.4, 0.5) is 0 Å². The van der Waals surface area contributed by atoms with Gasteiger partial charge in [-0.25, -0.2) is 0 Å². The Balaban J connectivity index is 2.27. The van der Waals surface area contributed by atoms with Crippen molar-refractivity contribution >= 4 is 0 Å². The molecule has 2 heteroatoms. The zero-order valence-electron chi connectivity index (χ0n) is 11.3. The fourth-order valence-electron chi connectivity index (χ4n) is 1.54. The molecule has 1 rings (SSSR count). The minimum Gasteiger partial charge on any atom is -0.377 e. The lowest BCUT2D eigenvalue weighted by Gasteiger charge is -2.17. The third-order valence-electron chi connectivity index (χ3n) is 2.72. The van der Waals surface area contributed by atoms with Crippen molar-refractivity contribution in [3.63, 3.8) is 0 Å². The molecule has 0 spiro atoms. The van der Waals surface area contributed by atoms with E-state index in [2.05, 4.69) is 45.0 Å². The van der Waals surface area contributed by atoms with Gasteiger partial charge in [-0.2, -0.15) is 0 Å². The number of rotatable bonds is 6. The highest BCUT2D eigenvalue weighted by molar-refractivity contribution is 5.22. The summed E-state index contributed by atoms with van der Waals surface area (Å²) in [6, 6.07) is 8.52. The molecule has 0 atom stereocenters. The molecule has 0 amide bonds. The molecule has 17 heavy (non-hydrogen) atoms. The van der Waals surface area contributed by atoms with Crippen LogP contribution in [0, 0.1) is 5.41 Å². The second-order valence-corrected chi connectivity index (χ2v) is 5.72. The molecule has 0 saturated carbocycles. The minimum absolute atomic E-state index is 0.352. The van der Waals surface area contributed by atoms with Crippen LogP contribution < -0.4 is 5.73 Å². The maximum absolute atomic E-state index is 5.67. The summed E-state index contributed by atoms with van der Waals surface area (Å²) >= 11 is 0. The van der Waals surface area contributed by atoms with Crippen LogP contribution in [0.2, 0.25) is 0 Å². The summed E-state index contributed by atoms with van der Waals surface area (Å²) < 4.78 is 5.67. The lowest BCUT2D eigenvalue weighted by molar-refractivity contribution is 0.0962. The zero-order valence-corrected chi connectivity index (χ0v) is 11.3. The maximum Gasteiger partial charge on any atom is 0.0716 e.